The largest absolute Gasteiger partial charge is 0.744 e. The first kappa shape index (κ1) is 21.6. The third kappa shape index (κ3) is 10.3. The minimum atomic E-state index is -4.27. The van der Waals surface area contributed by atoms with Crippen molar-refractivity contribution < 1.29 is 17.5 Å². The molecule has 0 saturated heterocycles. The highest BCUT2D eigenvalue weighted by atomic mass is 79.9. The minimum Gasteiger partial charge on any atom is -0.744 e. The highest BCUT2D eigenvalue weighted by Gasteiger charge is 2.10. The minimum absolute atomic E-state index is 0.178. The van der Waals surface area contributed by atoms with Crippen molar-refractivity contribution in [1.82, 2.24) is 0 Å². The molecule has 0 bridgehead atoms. The van der Waals surface area contributed by atoms with E-state index in [0.717, 1.165) is 15.5 Å². The van der Waals surface area contributed by atoms with E-state index in [1.54, 1.807) is 12.1 Å². The zero-order chi connectivity index (χ0) is 17.2. The molecule has 22 heavy (non-hydrogen) atoms. The number of quaternary nitrogens is 1. The summed E-state index contributed by atoms with van der Waals surface area (Å²) in [5.74, 6) is 0. The second kappa shape index (κ2) is 10.4. The highest BCUT2D eigenvalue weighted by Crippen LogP contribution is 2.08. The van der Waals surface area contributed by atoms with Crippen LogP contribution in [0, 0.1) is 6.92 Å². The van der Waals surface area contributed by atoms with Crippen molar-refractivity contribution in [3.05, 3.63) is 29.8 Å². The molecule has 0 amide bonds. The van der Waals surface area contributed by atoms with Gasteiger partial charge in [0.25, 0.3) is 0 Å². The Hall–Kier alpha value is -0.430. The molecule has 0 N–H and O–H groups in total. The normalized spacial score (nSPS) is 11.7. The fraction of sp³-hybridized carbons (Fsp3) is 0.625. The molecule has 0 aliphatic carbocycles. The molecule has 0 unspecified atom stereocenters. The fourth-order valence-electron chi connectivity index (χ4n) is 1.73. The Kier molecular flexibility index (Phi) is 10.2. The van der Waals surface area contributed by atoms with E-state index >= 15 is 0 Å². The van der Waals surface area contributed by atoms with Crippen LogP contribution in [0.4, 0.5) is 0 Å². The number of alkyl halides is 1. The lowest BCUT2D eigenvalue weighted by Crippen LogP contribution is -2.38. The number of hydrogen-bond donors (Lipinski definition) is 0. The maximum atomic E-state index is 10.4. The fourth-order valence-corrected chi connectivity index (χ4v) is 2.45. The summed E-state index contributed by atoms with van der Waals surface area (Å²) in [6, 6.07) is 5.78. The molecule has 0 aliphatic heterocycles. The smallest absolute Gasteiger partial charge is 0.133 e. The Labute approximate surface area is 144 Å². The lowest BCUT2D eigenvalue weighted by molar-refractivity contribution is -0.876. The summed E-state index contributed by atoms with van der Waals surface area (Å²) in [4.78, 5) is -0.178. The van der Waals surface area contributed by atoms with Crippen LogP contribution in [0.5, 0.6) is 0 Å². The van der Waals surface area contributed by atoms with Gasteiger partial charge < -0.3 is 9.04 Å². The zero-order valence-electron chi connectivity index (χ0n) is 14.0. The predicted molar refractivity (Wildman–Crippen MR) is 94.1 cm³/mol. The highest BCUT2D eigenvalue weighted by molar-refractivity contribution is 9.09. The molecular formula is C16H28BrNO3S. The van der Waals surface area contributed by atoms with Gasteiger partial charge in [0, 0.05) is 0 Å². The van der Waals surface area contributed by atoms with E-state index in [4.69, 9.17) is 0 Å². The van der Waals surface area contributed by atoms with Crippen LogP contribution < -0.4 is 0 Å². The number of unbranched alkanes of at least 4 members (excludes halogenated alkanes) is 3. The van der Waals surface area contributed by atoms with Gasteiger partial charge in [-0.1, -0.05) is 37.5 Å². The van der Waals surface area contributed by atoms with Crippen LogP contribution in [0.15, 0.2) is 29.2 Å². The van der Waals surface area contributed by atoms with E-state index in [-0.39, 0.29) is 4.90 Å². The van der Waals surface area contributed by atoms with Crippen molar-refractivity contribution in [3.63, 3.8) is 0 Å². The molecule has 0 aliphatic rings. The monoisotopic (exact) mass is 393 g/mol. The molecule has 0 saturated carbocycles. The van der Waals surface area contributed by atoms with Crippen LogP contribution in [0.1, 0.15) is 38.2 Å². The van der Waals surface area contributed by atoms with E-state index in [1.807, 2.05) is 6.92 Å². The first-order chi connectivity index (χ1) is 10.1. The van der Waals surface area contributed by atoms with Crippen molar-refractivity contribution in [2.45, 2.75) is 44.4 Å². The Bertz CT molecular complexity index is 513. The van der Waals surface area contributed by atoms with Crippen LogP contribution >= 0.6 is 15.9 Å². The first-order valence-corrected chi connectivity index (χ1v) is 10.1. The topological polar surface area (TPSA) is 57.2 Å². The molecule has 1 aromatic rings. The molecule has 0 atom stereocenters. The van der Waals surface area contributed by atoms with Crippen molar-refractivity contribution in [1.29, 1.82) is 0 Å². The number of rotatable bonds is 7. The van der Waals surface area contributed by atoms with Crippen LogP contribution in [-0.2, 0) is 10.1 Å². The van der Waals surface area contributed by atoms with Gasteiger partial charge in [0.05, 0.1) is 25.5 Å². The molecule has 0 heterocycles. The lowest BCUT2D eigenvalue weighted by Gasteiger charge is -2.26. The molecule has 4 nitrogen and oxygen atoms in total. The second-order valence-electron chi connectivity index (χ2n) is 6.11. The lowest BCUT2D eigenvalue weighted by atomic mass is 10.2. The van der Waals surface area contributed by atoms with Gasteiger partial charge in [-0.3, -0.25) is 0 Å². The van der Waals surface area contributed by atoms with E-state index in [1.165, 1.54) is 44.4 Å². The van der Waals surface area contributed by atoms with Gasteiger partial charge in [-0.25, -0.2) is 8.42 Å². The van der Waals surface area contributed by atoms with E-state index in [2.05, 4.69) is 36.9 Å². The maximum absolute atomic E-state index is 10.4. The standard InChI is InChI=1S/C9H21BrN.C7H8O3S/c1-4-5-6-7-8-11(2,3)9-10;1-6-2-4-7(5-3-6)11(8,9)10/h4-9H2,1-3H3;2-5H,1H3,(H,8,9,10)/q+1;/p-1. The van der Waals surface area contributed by atoms with Gasteiger partial charge in [-0.05, 0) is 47.8 Å². The number of hydrogen-bond acceptors (Lipinski definition) is 3. The van der Waals surface area contributed by atoms with E-state index in [9.17, 15) is 13.0 Å². The van der Waals surface area contributed by atoms with Crippen LogP contribution in [0.25, 0.3) is 0 Å². The molecule has 0 fully saturated rings. The summed E-state index contributed by atoms with van der Waals surface area (Å²) in [7, 11) is 0.260. The molecule has 0 radical (unpaired) electrons. The molecule has 0 aromatic heterocycles. The van der Waals surface area contributed by atoms with Gasteiger partial charge >= 0.3 is 0 Å². The number of aryl methyl sites for hydroxylation is 1. The maximum Gasteiger partial charge on any atom is 0.133 e. The molecule has 128 valence electrons. The van der Waals surface area contributed by atoms with Gasteiger partial charge in [0.1, 0.15) is 15.6 Å². The van der Waals surface area contributed by atoms with Crippen molar-refractivity contribution in [2.24, 2.45) is 0 Å². The third-order valence-electron chi connectivity index (χ3n) is 3.25. The summed E-state index contributed by atoms with van der Waals surface area (Å²) >= 11 is 3.51. The zero-order valence-corrected chi connectivity index (χ0v) is 16.4. The third-order valence-corrected chi connectivity index (χ3v) is 5.46. The first-order valence-electron chi connectivity index (χ1n) is 7.53. The second-order valence-corrected chi connectivity index (χ2v) is 7.99. The summed E-state index contributed by atoms with van der Waals surface area (Å²) in [5, 5.41) is 0. The molecular weight excluding hydrogens is 366 g/mol. The summed E-state index contributed by atoms with van der Waals surface area (Å²) in [6.07, 6.45) is 5.49. The number of nitrogens with zero attached hydrogens (tertiary/aromatic N) is 1. The van der Waals surface area contributed by atoms with Crippen LogP contribution in [0.2, 0.25) is 0 Å². The van der Waals surface area contributed by atoms with Gasteiger partial charge in [-0.2, -0.15) is 0 Å². The van der Waals surface area contributed by atoms with Gasteiger partial charge in [0.15, 0.2) is 0 Å². The SMILES string of the molecule is CCCCCC[N+](C)(C)CBr.Cc1ccc(S(=O)(=O)[O-])cc1. The van der Waals surface area contributed by atoms with Crippen molar-refractivity contribution in [2.75, 3.05) is 26.1 Å². The van der Waals surface area contributed by atoms with Gasteiger partial charge in [-0.15, -0.1) is 0 Å². The Balaban J connectivity index is 0.000000401. The quantitative estimate of drug-likeness (QED) is 0.232. The number of halogens is 1. The Morgan fingerprint density at radius 2 is 1.64 bits per heavy atom. The molecule has 6 heteroatoms. The average Bonchev–Trinajstić information content (AvgIpc) is 2.44. The Morgan fingerprint density at radius 3 is 2.05 bits per heavy atom. The Morgan fingerprint density at radius 1 is 1.09 bits per heavy atom. The average molecular weight is 394 g/mol. The number of benzene rings is 1. The predicted octanol–water partition coefficient (Wildman–Crippen LogP) is 3.89. The summed E-state index contributed by atoms with van der Waals surface area (Å²) in [6.45, 7) is 5.37. The molecule has 0 spiro atoms. The molecule has 1 rings (SSSR count). The summed E-state index contributed by atoms with van der Waals surface area (Å²) in [5.41, 5.74) is 2.00. The van der Waals surface area contributed by atoms with Gasteiger partial charge in [0.2, 0.25) is 0 Å². The van der Waals surface area contributed by atoms with E-state index in [0.29, 0.717) is 0 Å². The summed E-state index contributed by atoms with van der Waals surface area (Å²) < 4.78 is 32.3. The van der Waals surface area contributed by atoms with Crippen LogP contribution in [0.3, 0.4) is 0 Å². The van der Waals surface area contributed by atoms with Crippen molar-refractivity contribution >= 4 is 26.0 Å². The molecule has 1 aromatic carbocycles. The van der Waals surface area contributed by atoms with E-state index < -0.39 is 10.1 Å². The van der Waals surface area contributed by atoms with Crippen LogP contribution in [-0.4, -0.2) is 43.5 Å². The van der Waals surface area contributed by atoms with Crippen molar-refractivity contribution in [3.8, 4) is 0 Å².